The van der Waals surface area contributed by atoms with Gasteiger partial charge in [0.2, 0.25) is 0 Å². The molecule has 140 valence electrons. The summed E-state index contributed by atoms with van der Waals surface area (Å²) in [5.41, 5.74) is 2.26. The van der Waals surface area contributed by atoms with Gasteiger partial charge in [0, 0.05) is 24.7 Å². The van der Waals surface area contributed by atoms with Crippen molar-refractivity contribution in [1.29, 1.82) is 0 Å². The fourth-order valence-corrected chi connectivity index (χ4v) is 2.75. The second-order valence-electron chi connectivity index (χ2n) is 5.82. The van der Waals surface area contributed by atoms with Crippen molar-refractivity contribution in [2.45, 2.75) is 19.8 Å². The van der Waals surface area contributed by atoms with Crippen LogP contribution in [0.3, 0.4) is 0 Å². The average Bonchev–Trinajstić information content (AvgIpc) is 2.63. The van der Waals surface area contributed by atoms with Gasteiger partial charge in [-0.15, -0.1) is 0 Å². The molecular formula is C20H26ClN3O2. The van der Waals surface area contributed by atoms with Gasteiger partial charge in [-0.25, -0.2) is 0 Å². The van der Waals surface area contributed by atoms with E-state index in [4.69, 9.17) is 16.3 Å². The van der Waals surface area contributed by atoms with Gasteiger partial charge in [-0.05, 0) is 55.2 Å². The van der Waals surface area contributed by atoms with E-state index in [2.05, 4.69) is 21.7 Å². The molecule has 0 amide bonds. The van der Waals surface area contributed by atoms with Gasteiger partial charge in [-0.1, -0.05) is 29.8 Å². The predicted octanol–water partition coefficient (Wildman–Crippen LogP) is 3.39. The summed E-state index contributed by atoms with van der Waals surface area (Å²) in [4.78, 5) is 4.60. The number of guanidine groups is 1. The van der Waals surface area contributed by atoms with Crippen LogP contribution in [-0.4, -0.2) is 37.8 Å². The van der Waals surface area contributed by atoms with Crippen molar-refractivity contribution in [2.24, 2.45) is 4.99 Å². The zero-order chi connectivity index (χ0) is 18.8. The summed E-state index contributed by atoms with van der Waals surface area (Å²) in [7, 11) is 1.55. The smallest absolute Gasteiger partial charge is 0.191 e. The maximum absolute atomic E-state index is 9.65. The Morgan fingerprint density at radius 3 is 2.65 bits per heavy atom. The molecule has 0 aromatic heterocycles. The minimum atomic E-state index is 0.149. The van der Waals surface area contributed by atoms with Crippen LogP contribution in [0.15, 0.2) is 47.5 Å². The van der Waals surface area contributed by atoms with Crippen LogP contribution < -0.4 is 15.4 Å². The molecule has 0 bridgehead atoms. The Balaban J connectivity index is 1.85. The molecule has 2 aromatic rings. The molecule has 0 heterocycles. The second-order valence-corrected chi connectivity index (χ2v) is 6.26. The molecule has 2 rings (SSSR count). The lowest BCUT2D eigenvalue weighted by Crippen LogP contribution is -2.38. The summed E-state index contributed by atoms with van der Waals surface area (Å²) in [6.07, 6.45) is 1.64. The van der Waals surface area contributed by atoms with Crippen LogP contribution in [0.1, 0.15) is 18.1 Å². The van der Waals surface area contributed by atoms with Crippen molar-refractivity contribution >= 4 is 17.6 Å². The Morgan fingerprint density at radius 2 is 1.92 bits per heavy atom. The highest BCUT2D eigenvalue weighted by molar-refractivity contribution is 6.30. The van der Waals surface area contributed by atoms with Crippen molar-refractivity contribution < 1.29 is 9.84 Å². The number of aliphatic imine (C=N–C) groups is 1. The number of phenols is 1. The number of hydrogen-bond acceptors (Lipinski definition) is 3. The van der Waals surface area contributed by atoms with E-state index in [0.29, 0.717) is 12.3 Å². The van der Waals surface area contributed by atoms with Crippen LogP contribution in [-0.2, 0) is 12.8 Å². The fraction of sp³-hybridized carbons (Fsp3) is 0.350. The molecule has 0 saturated carbocycles. The van der Waals surface area contributed by atoms with Gasteiger partial charge in [-0.2, -0.15) is 0 Å². The van der Waals surface area contributed by atoms with Crippen molar-refractivity contribution in [3.8, 4) is 11.5 Å². The minimum absolute atomic E-state index is 0.149. The number of aromatic hydroxyl groups is 1. The van der Waals surface area contributed by atoms with Gasteiger partial charge in [0.1, 0.15) is 0 Å². The molecule has 0 spiro atoms. The highest BCUT2D eigenvalue weighted by Gasteiger charge is 2.03. The number of methoxy groups -OCH3 is 1. The molecular weight excluding hydrogens is 350 g/mol. The Morgan fingerprint density at radius 1 is 1.12 bits per heavy atom. The predicted molar refractivity (Wildman–Crippen MR) is 108 cm³/mol. The van der Waals surface area contributed by atoms with Gasteiger partial charge in [0.05, 0.1) is 7.11 Å². The van der Waals surface area contributed by atoms with Gasteiger partial charge < -0.3 is 20.5 Å². The SMILES string of the molecule is CCNC(=NCCc1ccc(O)c(OC)c1)NCCc1cccc(Cl)c1. The van der Waals surface area contributed by atoms with Crippen molar-refractivity contribution in [1.82, 2.24) is 10.6 Å². The van der Waals surface area contributed by atoms with Crippen LogP contribution in [0, 0.1) is 0 Å². The van der Waals surface area contributed by atoms with Gasteiger partial charge in [-0.3, -0.25) is 4.99 Å². The number of phenolic OH excluding ortho intramolecular Hbond substituents is 1. The molecule has 6 heteroatoms. The highest BCUT2D eigenvalue weighted by Crippen LogP contribution is 2.26. The lowest BCUT2D eigenvalue weighted by atomic mass is 10.1. The first-order chi connectivity index (χ1) is 12.6. The number of ether oxygens (including phenoxy) is 1. The Kier molecular flexibility index (Phi) is 8.09. The maximum Gasteiger partial charge on any atom is 0.191 e. The van der Waals surface area contributed by atoms with Crippen LogP contribution >= 0.6 is 11.6 Å². The summed E-state index contributed by atoms with van der Waals surface area (Å²) in [6, 6.07) is 13.2. The minimum Gasteiger partial charge on any atom is -0.504 e. The van der Waals surface area contributed by atoms with Gasteiger partial charge >= 0.3 is 0 Å². The highest BCUT2D eigenvalue weighted by atomic mass is 35.5. The number of nitrogens with zero attached hydrogens (tertiary/aromatic N) is 1. The number of nitrogens with one attached hydrogen (secondary N) is 2. The van der Waals surface area contributed by atoms with Gasteiger partial charge in [0.15, 0.2) is 17.5 Å². The number of benzene rings is 2. The van der Waals surface area contributed by atoms with E-state index in [0.717, 1.165) is 42.5 Å². The lowest BCUT2D eigenvalue weighted by molar-refractivity contribution is 0.373. The van der Waals surface area contributed by atoms with Crippen LogP contribution in [0.2, 0.25) is 5.02 Å². The standard InChI is InChI=1S/C20H26ClN3O2/c1-3-22-20(23-11-9-15-5-4-6-17(21)13-15)24-12-10-16-7-8-18(25)19(14-16)26-2/h4-8,13-14,25H,3,9-12H2,1-2H3,(H2,22,23,24). The topological polar surface area (TPSA) is 65.9 Å². The first kappa shape index (κ1) is 19.9. The van der Waals surface area contributed by atoms with Crippen LogP contribution in [0.25, 0.3) is 0 Å². The molecule has 2 aromatic carbocycles. The average molecular weight is 376 g/mol. The van der Waals surface area contributed by atoms with E-state index in [-0.39, 0.29) is 5.75 Å². The zero-order valence-corrected chi connectivity index (χ0v) is 16.0. The molecule has 26 heavy (non-hydrogen) atoms. The normalized spacial score (nSPS) is 11.3. The fourth-order valence-electron chi connectivity index (χ4n) is 2.53. The van der Waals surface area contributed by atoms with Gasteiger partial charge in [0.25, 0.3) is 0 Å². The Labute approximate surface area is 160 Å². The van der Waals surface area contributed by atoms with E-state index in [1.165, 1.54) is 5.56 Å². The maximum atomic E-state index is 9.65. The quantitative estimate of drug-likeness (QED) is 0.488. The summed E-state index contributed by atoms with van der Waals surface area (Å²) in [5.74, 6) is 1.43. The molecule has 0 atom stereocenters. The lowest BCUT2D eigenvalue weighted by Gasteiger charge is -2.11. The Bertz CT molecular complexity index is 735. The zero-order valence-electron chi connectivity index (χ0n) is 15.3. The molecule has 0 radical (unpaired) electrons. The molecule has 0 aliphatic rings. The molecule has 0 fully saturated rings. The summed E-state index contributed by atoms with van der Waals surface area (Å²) in [5, 5.41) is 17.0. The third kappa shape index (κ3) is 6.48. The van der Waals surface area contributed by atoms with E-state index in [1.54, 1.807) is 13.2 Å². The largest absolute Gasteiger partial charge is 0.504 e. The molecule has 0 aliphatic carbocycles. The molecule has 0 saturated heterocycles. The van der Waals surface area contributed by atoms with E-state index >= 15 is 0 Å². The summed E-state index contributed by atoms with van der Waals surface area (Å²) in [6.45, 7) is 4.26. The third-order valence-electron chi connectivity index (χ3n) is 3.85. The molecule has 5 nitrogen and oxygen atoms in total. The molecule has 0 unspecified atom stereocenters. The van der Waals surface area contributed by atoms with E-state index < -0.39 is 0 Å². The second kappa shape index (κ2) is 10.6. The third-order valence-corrected chi connectivity index (χ3v) is 4.09. The molecule has 3 N–H and O–H groups in total. The van der Waals surface area contributed by atoms with Crippen LogP contribution in [0.5, 0.6) is 11.5 Å². The summed E-state index contributed by atoms with van der Waals surface area (Å²) >= 11 is 6.01. The van der Waals surface area contributed by atoms with E-state index in [1.807, 2.05) is 37.3 Å². The van der Waals surface area contributed by atoms with Crippen molar-refractivity contribution in [3.05, 3.63) is 58.6 Å². The van der Waals surface area contributed by atoms with E-state index in [9.17, 15) is 5.11 Å². The number of hydrogen-bond donors (Lipinski definition) is 3. The van der Waals surface area contributed by atoms with Crippen molar-refractivity contribution in [3.63, 3.8) is 0 Å². The number of rotatable bonds is 8. The summed E-state index contributed by atoms with van der Waals surface area (Å²) < 4.78 is 5.14. The monoisotopic (exact) mass is 375 g/mol. The van der Waals surface area contributed by atoms with Crippen LogP contribution in [0.4, 0.5) is 0 Å². The number of halogens is 1. The molecule has 0 aliphatic heterocycles. The first-order valence-corrected chi connectivity index (χ1v) is 9.12. The Hall–Kier alpha value is -2.40. The first-order valence-electron chi connectivity index (χ1n) is 8.75. The van der Waals surface area contributed by atoms with Crippen molar-refractivity contribution in [2.75, 3.05) is 26.7 Å².